The molecule has 0 unspecified atom stereocenters. The summed E-state index contributed by atoms with van der Waals surface area (Å²) in [5.74, 6) is 0.883. The summed E-state index contributed by atoms with van der Waals surface area (Å²) in [6.07, 6.45) is 9.78. The highest BCUT2D eigenvalue weighted by Gasteiger charge is 2.51. The Morgan fingerprint density at radius 1 is 1.12 bits per heavy atom. The lowest BCUT2D eigenvalue weighted by Gasteiger charge is -2.56. The Hall–Kier alpha value is -2.15. The lowest BCUT2D eigenvalue weighted by Crippen LogP contribution is -2.48. The molecule has 7 heteroatoms. The number of amides is 1. The van der Waals surface area contributed by atoms with E-state index in [0.29, 0.717) is 12.4 Å². The van der Waals surface area contributed by atoms with Crippen molar-refractivity contribution in [2.24, 2.45) is 23.2 Å². The molecule has 0 radical (unpaired) electrons. The lowest BCUT2D eigenvalue weighted by molar-refractivity contribution is -0.141. The van der Waals surface area contributed by atoms with Gasteiger partial charge in [-0.1, -0.05) is 0 Å². The number of rotatable bonds is 6. The van der Waals surface area contributed by atoms with Crippen molar-refractivity contribution < 1.29 is 28.6 Å². The number of ether oxygens (including phenoxy) is 2. The second-order valence-electron chi connectivity index (χ2n) is 11.0. The minimum Gasteiger partial charge on any atom is -0.493 e. The number of nitrogens with zero attached hydrogens (tertiary/aromatic N) is 1. The van der Waals surface area contributed by atoms with Crippen LogP contribution in [0.25, 0.3) is 0 Å². The molecule has 6 fully saturated rings. The fraction of sp³-hybridized carbons (Fsp3) is 0.680. The molecule has 32 heavy (non-hydrogen) atoms. The van der Waals surface area contributed by atoms with E-state index in [2.05, 4.69) is 0 Å². The molecule has 5 aliphatic carbocycles. The van der Waals surface area contributed by atoms with Gasteiger partial charge in [-0.05, 0) is 86.7 Å². The average molecular weight is 444 g/mol. The SMILES string of the molecule is O=C(O)[C@@H]1COCN1C(=O)c1cc(C2CC2)c(OCC23CC4CC(CC(C4)C2)C3)cc1F. The zero-order valence-corrected chi connectivity index (χ0v) is 18.2. The summed E-state index contributed by atoms with van der Waals surface area (Å²) in [6, 6.07) is 1.87. The minimum atomic E-state index is -1.14. The Kier molecular flexibility index (Phi) is 4.75. The Morgan fingerprint density at radius 2 is 1.78 bits per heavy atom. The molecule has 1 aromatic rings. The van der Waals surface area contributed by atoms with Gasteiger partial charge in [0.2, 0.25) is 0 Å². The molecular formula is C25H30FNO5. The zero-order chi connectivity index (χ0) is 22.0. The van der Waals surface area contributed by atoms with Gasteiger partial charge >= 0.3 is 5.97 Å². The van der Waals surface area contributed by atoms with Crippen LogP contribution in [-0.2, 0) is 9.53 Å². The van der Waals surface area contributed by atoms with Crippen LogP contribution in [0.15, 0.2) is 12.1 Å². The van der Waals surface area contributed by atoms with Gasteiger partial charge in [0, 0.05) is 11.5 Å². The van der Waals surface area contributed by atoms with E-state index in [0.717, 1.165) is 41.1 Å². The number of carboxylic acids is 1. The molecule has 1 heterocycles. The zero-order valence-electron chi connectivity index (χ0n) is 18.2. The summed E-state index contributed by atoms with van der Waals surface area (Å²) >= 11 is 0. The molecule has 0 aromatic heterocycles. The second kappa shape index (κ2) is 7.44. The quantitative estimate of drug-likeness (QED) is 0.714. The molecule has 6 aliphatic rings. The first-order valence-corrected chi connectivity index (χ1v) is 12.0. The number of hydrogen-bond acceptors (Lipinski definition) is 4. The van der Waals surface area contributed by atoms with Crippen molar-refractivity contribution in [3.8, 4) is 5.75 Å². The predicted octanol–water partition coefficient (Wildman–Crippen LogP) is 4.18. The van der Waals surface area contributed by atoms with Crippen molar-refractivity contribution in [2.75, 3.05) is 19.9 Å². The monoisotopic (exact) mass is 443 g/mol. The molecule has 1 aromatic carbocycles. The maximum Gasteiger partial charge on any atom is 0.328 e. The molecule has 0 spiro atoms. The number of carbonyl (C=O) groups excluding carboxylic acids is 1. The summed E-state index contributed by atoms with van der Waals surface area (Å²) in [4.78, 5) is 25.5. The highest BCUT2D eigenvalue weighted by atomic mass is 19.1. The largest absolute Gasteiger partial charge is 0.493 e. The van der Waals surface area contributed by atoms with E-state index in [1.807, 2.05) is 0 Å². The average Bonchev–Trinajstić information content (AvgIpc) is 3.45. The van der Waals surface area contributed by atoms with Gasteiger partial charge in [-0.2, -0.15) is 0 Å². The van der Waals surface area contributed by atoms with Crippen LogP contribution in [0.2, 0.25) is 0 Å². The van der Waals surface area contributed by atoms with E-state index in [1.165, 1.54) is 44.6 Å². The third-order valence-electron chi connectivity index (χ3n) is 8.47. The predicted molar refractivity (Wildman–Crippen MR) is 113 cm³/mol. The summed E-state index contributed by atoms with van der Waals surface area (Å²) in [5.41, 5.74) is 1.01. The Balaban J connectivity index is 1.24. The summed E-state index contributed by atoms with van der Waals surface area (Å²) in [6.45, 7) is 0.409. The Labute approximate surface area is 187 Å². The van der Waals surface area contributed by atoms with E-state index in [-0.39, 0.29) is 30.2 Å². The van der Waals surface area contributed by atoms with Gasteiger partial charge in [-0.15, -0.1) is 0 Å². The van der Waals surface area contributed by atoms with Crippen molar-refractivity contribution in [1.82, 2.24) is 4.90 Å². The molecule has 7 rings (SSSR count). The molecular weight excluding hydrogens is 413 g/mol. The van der Waals surface area contributed by atoms with E-state index >= 15 is 4.39 Å². The molecule has 4 bridgehead atoms. The van der Waals surface area contributed by atoms with Crippen LogP contribution in [-0.4, -0.2) is 47.9 Å². The van der Waals surface area contributed by atoms with Crippen LogP contribution in [0.4, 0.5) is 4.39 Å². The highest BCUT2D eigenvalue weighted by Crippen LogP contribution is 2.60. The molecule has 172 valence electrons. The topological polar surface area (TPSA) is 76.1 Å². The van der Waals surface area contributed by atoms with E-state index in [1.54, 1.807) is 6.07 Å². The van der Waals surface area contributed by atoms with Crippen LogP contribution < -0.4 is 4.74 Å². The standard InChI is InChI=1S/C25H30FNO5/c26-20-7-22(32-12-25-8-14-3-15(9-25)5-16(4-14)10-25)18(17-1-2-17)6-19(20)23(28)27-13-31-11-21(27)24(29)30/h6-7,14-17,21H,1-5,8-13H2,(H,29,30)/t14?,15?,16?,21-,25?/m0/s1. The molecule has 1 atom stereocenters. The van der Waals surface area contributed by atoms with Gasteiger partial charge in [0.15, 0.2) is 6.04 Å². The number of carbonyl (C=O) groups is 2. The molecule has 6 nitrogen and oxygen atoms in total. The first kappa shape index (κ1) is 20.5. The van der Waals surface area contributed by atoms with Gasteiger partial charge in [0.05, 0.1) is 18.8 Å². The smallest absolute Gasteiger partial charge is 0.328 e. The molecule has 1 N–H and O–H groups in total. The fourth-order valence-electron chi connectivity index (χ4n) is 7.27. The maximum absolute atomic E-state index is 15.1. The lowest BCUT2D eigenvalue weighted by atomic mass is 9.50. The molecule has 1 saturated heterocycles. The molecule has 5 saturated carbocycles. The number of carboxylic acid groups (broad SMARTS) is 1. The number of hydrogen-bond donors (Lipinski definition) is 1. The third kappa shape index (κ3) is 3.49. The number of aliphatic carboxylic acids is 1. The summed E-state index contributed by atoms with van der Waals surface area (Å²) in [5, 5.41) is 9.34. The van der Waals surface area contributed by atoms with Gasteiger partial charge in [-0.3, -0.25) is 9.69 Å². The minimum absolute atomic E-state index is 0.0789. The maximum atomic E-state index is 15.1. The normalized spacial score (nSPS) is 35.3. The summed E-state index contributed by atoms with van der Waals surface area (Å²) < 4.78 is 26.6. The first-order valence-electron chi connectivity index (χ1n) is 12.0. The summed E-state index contributed by atoms with van der Waals surface area (Å²) in [7, 11) is 0. The van der Waals surface area contributed by atoms with Gasteiger partial charge in [-0.25, -0.2) is 9.18 Å². The van der Waals surface area contributed by atoms with Crippen molar-refractivity contribution >= 4 is 11.9 Å². The van der Waals surface area contributed by atoms with Gasteiger partial charge in [0.1, 0.15) is 18.3 Å². The first-order chi connectivity index (χ1) is 15.4. The molecule has 1 aliphatic heterocycles. The number of halogens is 1. The van der Waals surface area contributed by atoms with Crippen LogP contribution in [0, 0.1) is 29.0 Å². The van der Waals surface area contributed by atoms with Crippen LogP contribution in [0.5, 0.6) is 5.75 Å². The Morgan fingerprint density at radius 3 is 2.38 bits per heavy atom. The van der Waals surface area contributed by atoms with Gasteiger partial charge in [0.25, 0.3) is 5.91 Å². The van der Waals surface area contributed by atoms with Crippen molar-refractivity contribution in [3.63, 3.8) is 0 Å². The van der Waals surface area contributed by atoms with Crippen LogP contribution in [0.3, 0.4) is 0 Å². The number of benzene rings is 1. The van der Waals surface area contributed by atoms with Crippen molar-refractivity contribution in [2.45, 2.75) is 63.3 Å². The van der Waals surface area contributed by atoms with Crippen LogP contribution in [0.1, 0.15) is 73.2 Å². The fourth-order valence-corrected chi connectivity index (χ4v) is 7.27. The van der Waals surface area contributed by atoms with E-state index in [4.69, 9.17) is 9.47 Å². The Bertz CT molecular complexity index is 923. The van der Waals surface area contributed by atoms with Crippen molar-refractivity contribution in [1.29, 1.82) is 0 Å². The second-order valence-corrected chi connectivity index (χ2v) is 11.0. The molecule has 1 amide bonds. The van der Waals surface area contributed by atoms with Crippen molar-refractivity contribution in [3.05, 3.63) is 29.1 Å². The van der Waals surface area contributed by atoms with Gasteiger partial charge < -0.3 is 14.6 Å². The van der Waals surface area contributed by atoms with E-state index in [9.17, 15) is 14.7 Å². The third-order valence-corrected chi connectivity index (χ3v) is 8.47. The van der Waals surface area contributed by atoms with E-state index < -0.39 is 23.7 Å². The highest BCUT2D eigenvalue weighted by molar-refractivity contribution is 5.97. The van der Waals surface area contributed by atoms with Crippen LogP contribution >= 0.6 is 0 Å².